The molecule has 2 fully saturated rings. The highest BCUT2D eigenvalue weighted by molar-refractivity contribution is 5.48. The predicted molar refractivity (Wildman–Crippen MR) is 95.8 cm³/mol. The number of fused-ring (bicyclic) bond motifs is 1. The van der Waals surface area contributed by atoms with Gasteiger partial charge in [-0.05, 0) is 37.1 Å². The number of anilines is 2. The summed E-state index contributed by atoms with van der Waals surface area (Å²) >= 11 is 0. The highest BCUT2D eigenvalue weighted by atomic mass is 15.4. The highest BCUT2D eigenvalue weighted by Crippen LogP contribution is 2.35. The normalized spacial score (nSPS) is 18.2. The minimum atomic E-state index is 0.534. The van der Waals surface area contributed by atoms with Gasteiger partial charge >= 0.3 is 0 Å². The first kappa shape index (κ1) is 14.6. The maximum Gasteiger partial charge on any atom is 0.178 e. The van der Waals surface area contributed by atoms with Crippen molar-refractivity contribution in [3.05, 3.63) is 42.5 Å². The molecule has 1 saturated heterocycles. The Bertz CT molecular complexity index is 866. The lowest BCUT2D eigenvalue weighted by molar-refractivity contribution is 0.393. The van der Waals surface area contributed by atoms with Crippen molar-refractivity contribution in [3.8, 4) is 0 Å². The Morgan fingerprint density at radius 2 is 1.88 bits per heavy atom. The summed E-state index contributed by atoms with van der Waals surface area (Å²) in [7, 11) is 0. The molecule has 0 spiro atoms. The molecule has 0 amide bonds. The predicted octanol–water partition coefficient (Wildman–Crippen LogP) is 2.34. The van der Waals surface area contributed by atoms with Crippen molar-refractivity contribution < 1.29 is 0 Å². The highest BCUT2D eigenvalue weighted by Gasteiger charge is 2.29. The molecule has 0 radical (unpaired) electrons. The molecule has 0 aromatic carbocycles. The van der Waals surface area contributed by atoms with Crippen molar-refractivity contribution in [3.63, 3.8) is 0 Å². The van der Waals surface area contributed by atoms with Crippen molar-refractivity contribution >= 4 is 17.2 Å². The maximum atomic E-state index is 4.80. The lowest BCUT2D eigenvalue weighted by Gasteiger charge is -2.40. The van der Waals surface area contributed by atoms with E-state index in [0.29, 0.717) is 11.8 Å². The van der Waals surface area contributed by atoms with Crippen LogP contribution in [0.5, 0.6) is 0 Å². The zero-order valence-corrected chi connectivity index (χ0v) is 14.0. The van der Waals surface area contributed by atoms with Gasteiger partial charge in [-0.25, -0.2) is 0 Å². The average molecular weight is 335 g/mol. The summed E-state index contributed by atoms with van der Waals surface area (Å²) in [6.45, 7) is 3.03. The summed E-state index contributed by atoms with van der Waals surface area (Å²) in [5, 5.41) is 16.9. The zero-order valence-electron chi connectivity index (χ0n) is 14.0. The number of aromatic nitrogens is 5. The summed E-state index contributed by atoms with van der Waals surface area (Å²) in [5.74, 6) is 3.22. The third-order valence-corrected chi connectivity index (χ3v) is 5.30. The average Bonchev–Trinajstić information content (AvgIpc) is 2.96. The topological polar surface area (TPSA) is 71.2 Å². The quantitative estimate of drug-likeness (QED) is 0.772. The lowest BCUT2D eigenvalue weighted by Crippen LogP contribution is -2.50. The molecule has 2 aliphatic rings. The molecule has 0 atom stereocenters. The van der Waals surface area contributed by atoms with Crippen LogP contribution in [0.4, 0.5) is 11.5 Å². The van der Waals surface area contributed by atoms with Crippen LogP contribution in [0.2, 0.25) is 0 Å². The molecule has 3 aromatic heterocycles. The van der Waals surface area contributed by atoms with Gasteiger partial charge in [0.1, 0.15) is 5.82 Å². The fraction of sp³-hybridized carbons (Fsp3) is 0.444. The molecule has 5 rings (SSSR count). The zero-order chi connectivity index (χ0) is 16.6. The van der Waals surface area contributed by atoms with Gasteiger partial charge in [0.25, 0.3) is 0 Å². The molecule has 7 heteroatoms. The number of nitrogens with zero attached hydrogens (tertiary/aromatic N) is 6. The van der Waals surface area contributed by atoms with Crippen LogP contribution in [0.25, 0.3) is 5.65 Å². The molecular formula is C18H21N7. The number of rotatable bonds is 5. The van der Waals surface area contributed by atoms with Crippen LogP contribution in [0, 0.1) is 5.92 Å². The molecular weight excluding hydrogens is 314 g/mol. The van der Waals surface area contributed by atoms with Gasteiger partial charge in [0.15, 0.2) is 11.5 Å². The monoisotopic (exact) mass is 335 g/mol. The maximum absolute atomic E-state index is 4.80. The molecule has 128 valence electrons. The number of hydrogen-bond donors (Lipinski definition) is 1. The third-order valence-electron chi connectivity index (χ3n) is 5.30. The van der Waals surface area contributed by atoms with E-state index >= 15 is 0 Å². The summed E-state index contributed by atoms with van der Waals surface area (Å²) < 4.78 is 1.95. The Morgan fingerprint density at radius 1 is 1.04 bits per heavy atom. The first-order valence-corrected chi connectivity index (χ1v) is 8.98. The van der Waals surface area contributed by atoms with Gasteiger partial charge in [0.05, 0.1) is 0 Å². The molecule has 0 unspecified atom stereocenters. The van der Waals surface area contributed by atoms with Crippen molar-refractivity contribution in [1.82, 2.24) is 24.8 Å². The van der Waals surface area contributed by atoms with Crippen LogP contribution in [0.3, 0.4) is 0 Å². The molecule has 0 bridgehead atoms. The molecule has 1 saturated carbocycles. The van der Waals surface area contributed by atoms with Crippen LogP contribution in [-0.4, -0.2) is 44.4 Å². The van der Waals surface area contributed by atoms with Gasteiger partial charge in [0.2, 0.25) is 0 Å². The van der Waals surface area contributed by atoms with E-state index in [1.807, 2.05) is 35.1 Å². The second kappa shape index (κ2) is 5.98. The van der Waals surface area contributed by atoms with E-state index in [9.17, 15) is 0 Å². The van der Waals surface area contributed by atoms with Gasteiger partial charge in [-0.1, -0.05) is 6.42 Å². The third kappa shape index (κ3) is 2.69. The number of pyridine rings is 1. The van der Waals surface area contributed by atoms with E-state index in [1.165, 1.54) is 19.3 Å². The lowest BCUT2D eigenvalue weighted by atomic mass is 9.85. The smallest absolute Gasteiger partial charge is 0.178 e. The Hall–Kier alpha value is -2.70. The fourth-order valence-electron chi connectivity index (χ4n) is 3.50. The molecule has 4 heterocycles. The van der Waals surface area contributed by atoms with Gasteiger partial charge in [-0.15, -0.1) is 15.3 Å². The van der Waals surface area contributed by atoms with Gasteiger partial charge in [0, 0.05) is 49.6 Å². The minimum absolute atomic E-state index is 0.534. The van der Waals surface area contributed by atoms with Gasteiger partial charge in [-0.3, -0.25) is 4.98 Å². The molecule has 1 aliphatic heterocycles. The van der Waals surface area contributed by atoms with E-state index in [-0.39, 0.29) is 0 Å². The Kier molecular flexibility index (Phi) is 3.50. The summed E-state index contributed by atoms with van der Waals surface area (Å²) in [6.07, 6.45) is 7.33. The van der Waals surface area contributed by atoms with E-state index < -0.39 is 0 Å². The first-order valence-electron chi connectivity index (χ1n) is 8.98. The first-order chi connectivity index (χ1) is 12.4. The molecule has 1 N–H and O–H groups in total. The SMILES string of the molecule is c1cc(NCC2CN(c3ccc4nnc(C5CCC5)n4n3)C2)ccn1. The number of hydrogen-bond acceptors (Lipinski definition) is 6. The van der Waals surface area contributed by atoms with E-state index in [0.717, 1.165) is 42.6 Å². The summed E-state index contributed by atoms with van der Waals surface area (Å²) in [5.41, 5.74) is 1.98. The van der Waals surface area contributed by atoms with E-state index in [4.69, 9.17) is 5.10 Å². The van der Waals surface area contributed by atoms with Crippen LogP contribution in [-0.2, 0) is 0 Å². The van der Waals surface area contributed by atoms with Crippen molar-refractivity contribution in [2.75, 3.05) is 29.9 Å². The number of nitrogens with one attached hydrogen (secondary N) is 1. The Morgan fingerprint density at radius 3 is 2.64 bits per heavy atom. The van der Waals surface area contributed by atoms with Crippen LogP contribution >= 0.6 is 0 Å². The summed E-state index contributed by atoms with van der Waals surface area (Å²) in [4.78, 5) is 6.36. The standard InChI is InChI=1S/C18H21N7/c1-2-14(3-1)18-22-21-16-4-5-17(23-25(16)18)24-11-13(12-24)10-20-15-6-8-19-9-7-15/h4-9,13-14H,1-3,10-12H2,(H,19,20). The van der Waals surface area contributed by atoms with E-state index in [1.54, 1.807) is 0 Å². The second-order valence-corrected chi connectivity index (χ2v) is 7.04. The van der Waals surface area contributed by atoms with Crippen molar-refractivity contribution in [1.29, 1.82) is 0 Å². The van der Waals surface area contributed by atoms with Crippen LogP contribution < -0.4 is 10.2 Å². The minimum Gasteiger partial charge on any atom is -0.385 e. The van der Waals surface area contributed by atoms with Gasteiger partial charge in [-0.2, -0.15) is 4.52 Å². The van der Waals surface area contributed by atoms with Crippen LogP contribution in [0.1, 0.15) is 31.0 Å². The fourth-order valence-corrected chi connectivity index (χ4v) is 3.50. The van der Waals surface area contributed by atoms with E-state index in [2.05, 4.69) is 31.5 Å². The van der Waals surface area contributed by atoms with Crippen LogP contribution in [0.15, 0.2) is 36.7 Å². The Balaban J connectivity index is 1.24. The molecule has 7 nitrogen and oxygen atoms in total. The second-order valence-electron chi connectivity index (χ2n) is 7.04. The van der Waals surface area contributed by atoms with Crippen molar-refractivity contribution in [2.24, 2.45) is 5.92 Å². The molecule has 1 aliphatic carbocycles. The van der Waals surface area contributed by atoms with Gasteiger partial charge < -0.3 is 10.2 Å². The van der Waals surface area contributed by atoms with Crippen molar-refractivity contribution in [2.45, 2.75) is 25.2 Å². The summed E-state index contributed by atoms with van der Waals surface area (Å²) in [6, 6.07) is 8.08. The largest absolute Gasteiger partial charge is 0.385 e. The molecule has 25 heavy (non-hydrogen) atoms. The Labute approximate surface area is 146 Å². The molecule has 3 aromatic rings.